The normalized spacial score (nSPS) is 10.4. The van der Waals surface area contributed by atoms with Crippen molar-refractivity contribution in [1.82, 2.24) is 9.78 Å². The number of carbonyl (C=O) groups excluding carboxylic acids is 1. The van der Waals surface area contributed by atoms with Crippen LogP contribution in [0.15, 0.2) is 24.3 Å². The molecule has 0 aliphatic heterocycles. The smallest absolute Gasteiger partial charge is 0.225 e. The maximum absolute atomic E-state index is 12.0. The van der Waals surface area contributed by atoms with Crippen molar-refractivity contribution in [2.24, 2.45) is 7.05 Å². The second kappa shape index (κ2) is 6.98. The molecule has 2 rings (SSSR count). The lowest BCUT2D eigenvalue weighted by Crippen LogP contribution is -2.14. The molecule has 0 unspecified atom stereocenters. The van der Waals surface area contributed by atoms with Crippen molar-refractivity contribution in [3.05, 3.63) is 35.5 Å². The summed E-state index contributed by atoms with van der Waals surface area (Å²) < 4.78 is 12.1. The Morgan fingerprint density at radius 1 is 1.18 bits per heavy atom. The van der Waals surface area contributed by atoms with E-state index in [0.717, 1.165) is 22.8 Å². The summed E-state index contributed by atoms with van der Waals surface area (Å²) in [4.78, 5) is 12.0. The third-order valence-electron chi connectivity index (χ3n) is 3.32. The summed E-state index contributed by atoms with van der Waals surface area (Å²) in [5.41, 5.74) is 1.86. The largest absolute Gasteiger partial charge is 0.497 e. The quantitative estimate of drug-likeness (QED) is 0.889. The fourth-order valence-corrected chi connectivity index (χ4v) is 2.20. The zero-order chi connectivity index (χ0) is 16.1. The lowest BCUT2D eigenvalue weighted by Gasteiger charge is -2.09. The number of hydrogen-bond donors (Lipinski definition) is 1. The molecule has 0 aliphatic rings. The topological polar surface area (TPSA) is 65.4 Å². The van der Waals surface area contributed by atoms with Gasteiger partial charge in [0.25, 0.3) is 0 Å². The van der Waals surface area contributed by atoms with Crippen LogP contribution in [0, 0.1) is 6.92 Å². The van der Waals surface area contributed by atoms with E-state index in [9.17, 15) is 4.79 Å². The predicted octanol–water partition coefficient (Wildman–Crippen LogP) is 2.32. The molecule has 1 amide bonds. The van der Waals surface area contributed by atoms with Crippen molar-refractivity contribution in [3.8, 4) is 11.5 Å². The molecule has 0 spiro atoms. The Bertz CT molecular complexity index is 642. The number of aryl methyl sites for hydroxylation is 3. The summed E-state index contributed by atoms with van der Waals surface area (Å²) in [7, 11) is 5.02. The van der Waals surface area contributed by atoms with Gasteiger partial charge in [-0.1, -0.05) is 0 Å². The second-order valence-corrected chi connectivity index (χ2v) is 5.06. The molecule has 6 heteroatoms. The average molecular weight is 303 g/mol. The monoisotopic (exact) mass is 303 g/mol. The first-order chi connectivity index (χ1) is 10.5. The van der Waals surface area contributed by atoms with Crippen LogP contribution in [0.2, 0.25) is 0 Å². The van der Waals surface area contributed by atoms with Crippen LogP contribution in [-0.4, -0.2) is 29.9 Å². The van der Waals surface area contributed by atoms with Crippen LogP contribution in [0.1, 0.15) is 17.7 Å². The molecule has 6 nitrogen and oxygen atoms in total. The molecule has 0 saturated heterocycles. The fourth-order valence-electron chi connectivity index (χ4n) is 2.20. The first kappa shape index (κ1) is 15.9. The Labute approximate surface area is 130 Å². The maximum atomic E-state index is 12.0. The van der Waals surface area contributed by atoms with Crippen LogP contribution in [0.3, 0.4) is 0 Å². The molecule has 0 fully saturated rings. The number of amides is 1. The Morgan fingerprint density at radius 2 is 1.82 bits per heavy atom. The van der Waals surface area contributed by atoms with E-state index in [0.29, 0.717) is 18.7 Å². The minimum Gasteiger partial charge on any atom is -0.497 e. The maximum Gasteiger partial charge on any atom is 0.225 e. The highest BCUT2D eigenvalue weighted by Crippen LogP contribution is 2.23. The molecular weight excluding hydrogens is 282 g/mol. The van der Waals surface area contributed by atoms with Crippen LogP contribution in [0.4, 0.5) is 5.82 Å². The molecule has 1 heterocycles. The van der Waals surface area contributed by atoms with Gasteiger partial charge in [0.2, 0.25) is 5.91 Å². The van der Waals surface area contributed by atoms with Gasteiger partial charge < -0.3 is 14.8 Å². The summed E-state index contributed by atoms with van der Waals surface area (Å²) >= 11 is 0. The van der Waals surface area contributed by atoms with Crippen LogP contribution in [0.5, 0.6) is 11.5 Å². The summed E-state index contributed by atoms with van der Waals surface area (Å²) in [6, 6.07) is 7.46. The lowest BCUT2D eigenvalue weighted by atomic mass is 10.1. The highest BCUT2D eigenvalue weighted by Gasteiger charge is 2.09. The van der Waals surface area contributed by atoms with Crippen LogP contribution in [-0.2, 0) is 18.3 Å². The summed E-state index contributed by atoms with van der Waals surface area (Å²) in [6.45, 7) is 1.89. The molecule has 0 saturated carbocycles. The second-order valence-electron chi connectivity index (χ2n) is 5.06. The van der Waals surface area contributed by atoms with Gasteiger partial charge in [-0.05, 0) is 31.0 Å². The third-order valence-corrected chi connectivity index (χ3v) is 3.32. The molecule has 1 N–H and O–H groups in total. The number of rotatable bonds is 6. The number of ether oxygens (including phenoxy) is 2. The SMILES string of the molecule is COc1cc(CCC(=O)Nc2cc(C)nn2C)cc(OC)c1. The van der Waals surface area contributed by atoms with Gasteiger partial charge in [0, 0.05) is 25.6 Å². The molecule has 1 aromatic carbocycles. The fraction of sp³-hybridized carbons (Fsp3) is 0.375. The van der Waals surface area contributed by atoms with E-state index < -0.39 is 0 Å². The third kappa shape index (κ3) is 4.00. The number of anilines is 1. The molecule has 0 radical (unpaired) electrons. The molecule has 2 aromatic rings. The van der Waals surface area contributed by atoms with Gasteiger partial charge in [0.05, 0.1) is 19.9 Å². The van der Waals surface area contributed by atoms with Crippen molar-refractivity contribution in [3.63, 3.8) is 0 Å². The van der Waals surface area contributed by atoms with E-state index >= 15 is 0 Å². The lowest BCUT2D eigenvalue weighted by molar-refractivity contribution is -0.116. The van der Waals surface area contributed by atoms with Crippen LogP contribution in [0.25, 0.3) is 0 Å². The summed E-state index contributed by atoms with van der Waals surface area (Å²) in [5.74, 6) is 2.09. The van der Waals surface area contributed by atoms with Crippen LogP contribution < -0.4 is 14.8 Å². The van der Waals surface area contributed by atoms with Crippen molar-refractivity contribution < 1.29 is 14.3 Å². The van der Waals surface area contributed by atoms with E-state index in [1.807, 2.05) is 31.2 Å². The van der Waals surface area contributed by atoms with Gasteiger partial charge in [-0.2, -0.15) is 5.10 Å². The molecular formula is C16H21N3O3. The van der Waals surface area contributed by atoms with E-state index in [-0.39, 0.29) is 5.91 Å². The van der Waals surface area contributed by atoms with Gasteiger partial charge in [0.1, 0.15) is 17.3 Å². The number of nitrogens with zero attached hydrogens (tertiary/aromatic N) is 2. The van der Waals surface area contributed by atoms with Gasteiger partial charge in [-0.25, -0.2) is 0 Å². The van der Waals surface area contributed by atoms with E-state index in [4.69, 9.17) is 9.47 Å². The van der Waals surface area contributed by atoms with Gasteiger partial charge in [-0.15, -0.1) is 0 Å². The van der Waals surface area contributed by atoms with Crippen molar-refractivity contribution in [2.45, 2.75) is 19.8 Å². The highest BCUT2D eigenvalue weighted by molar-refractivity contribution is 5.90. The first-order valence-corrected chi connectivity index (χ1v) is 7.04. The molecule has 0 bridgehead atoms. The molecule has 118 valence electrons. The first-order valence-electron chi connectivity index (χ1n) is 7.04. The minimum atomic E-state index is -0.0511. The zero-order valence-electron chi connectivity index (χ0n) is 13.3. The predicted molar refractivity (Wildman–Crippen MR) is 84.4 cm³/mol. The number of benzene rings is 1. The van der Waals surface area contributed by atoms with E-state index in [2.05, 4.69) is 10.4 Å². The highest BCUT2D eigenvalue weighted by atomic mass is 16.5. The number of methoxy groups -OCH3 is 2. The number of hydrogen-bond acceptors (Lipinski definition) is 4. The van der Waals surface area contributed by atoms with Gasteiger partial charge in [-0.3, -0.25) is 9.48 Å². The molecule has 22 heavy (non-hydrogen) atoms. The Kier molecular flexibility index (Phi) is 5.04. The van der Waals surface area contributed by atoms with Gasteiger partial charge >= 0.3 is 0 Å². The zero-order valence-corrected chi connectivity index (χ0v) is 13.3. The van der Waals surface area contributed by atoms with Crippen molar-refractivity contribution >= 4 is 11.7 Å². The van der Waals surface area contributed by atoms with E-state index in [1.54, 1.807) is 25.9 Å². The van der Waals surface area contributed by atoms with E-state index in [1.165, 1.54) is 0 Å². The number of carbonyl (C=O) groups is 1. The summed E-state index contributed by atoms with van der Waals surface area (Å²) in [6.07, 6.45) is 0.983. The number of aromatic nitrogens is 2. The van der Waals surface area contributed by atoms with Crippen LogP contribution >= 0.6 is 0 Å². The Morgan fingerprint density at radius 3 is 2.32 bits per heavy atom. The van der Waals surface area contributed by atoms with Crippen molar-refractivity contribution in [2.75, 3.05) is 19.5 Å². The molecule has 1 aromatic heterocycles. The Balaban J connectivity index is 1.97. The number of nitrogens with one attached hydrogen (secondary N) is 1. The molecule has 0 aliphatic carbocycles. The standard InChI is InChI=1S/C16H21N3O3/c1-11-7-15(19(2)18-11)17-16(20)6-5-12-8-13(21-3)10-14(9-12)22-4/h7-10H,5-6H2,1-4H3,(H,17,20). The minimum absolute atomic E-state index is 0.0511. The average Bonchev–Trinajstić information content (AvgIpc) is 2.82. The van der Waals surface area contributed by atoms with Crippen molar-refractivity contribution in [1.29, 1.82) is 0 Å². The summed E-state index contributed by atoms with van der Waals surface area (Å²) in [5, 5.41) is 7.05. The molecule has 0 atom stereocenters. The Hall–Kier alpha value is -2.50. The van der Waals surface area contributed by atoms with Gasteiger partial charge in [0.15, 0.2) is 0 Å².